The van der Waals surface area contributed by atoms with Crippen LogP contribution in [0.25, 0.3) is 10.4 Å². The van der Waals surface area contributed by atoms with Crippen LogP contribution in [0, 0.1) is 5.92 Å². The van der Waals surface area contributed by atoms with E-state index in [9.17, 15) is 9.59 Å². The second kappa shape index (κ2) is 6.07. The highest BCUT2D eigenvalue weighted by Gasteiger charge is 2.30. The molecular formula is C15H17N5O2. The molecule has 1 aromatic rings. The van der Waals surface area contributed by atoms with E-state index in [1.54, 1.807) is 9.80 Å². The summed E-state index contributed by atoms with van der Waals surface area (Å²) in [6.45, 7) is 1.67. The molecule has 2 aliphatic heterocycles. The molecule has 1 aromatic carbocycles. The Morgan fingerprint density at radius 1 is 1.14 bits per heavy atom. The molecule has 0 spiro atoms. The number of carbonyl (C=O) groups is 2. The van der Waals surface area contributed by atoms with Crippen LogP contribution in [0.5, 0.6) is 0 Å². The van der Waals surface area contributed by atoms with Crippen molar-refractivity contribution in [2.24, 2.45) is 11.0 Å². The number of carbonyl (C=O) groups excluding carboxylic acids is 2. The van der Waals surface area contributed by atoms with Crippen molar-refractivity contribution >= 4 is 23.2 Å². The Labute approximate surface area is 128 Å². The monoisotopic (exact) mass is 299 g/mol. The van der Waals surface area contributed by atoms with Crippen molar-refractivity contribution in [1.82, 2.24) is 0 Å². The van der Waals surface area contributed by atoms with Crippen molar-refractivity contribution in [2.45, 2.75) is 19.3 Å². The summed E-state index contributed by atoms with van der Waals surface area (Å²) in [5.41, 5.74) is 10.1. The van der Waals surface area contributed by atoms with Crippen LogP contribution in [0.2, 0.25) is 0 Å². The summed E-state index contributed by atoms with van der Waals surface area (Å²) in [6.07, 6.45) is 1.91. The molecule has 2 saturated heterocycles. The molecule has 2 aliphatic rings. The zero-order valence-corrected chi connectivity index (χ0v) is 12.2. The van der Waals surface area contributed by atoms with Gasteiger partial charge in [-0.3, -0.25) is 9.59 Å². The third kappa shape index (κ3) is 2.76. The van der Waals surface area contributed by atoms with Gasteiger partial charge in [-0.2, -0.15) is 0 Å². The predicted octanol–water partition coefficient (Wildman–Crippen LogP) is 2.48. The van der Waals surface area contributed by atoms with E-state index >= 15 is 0 Å². The van der Waals surface area contributed by atoms with Gasteiger partial charge in [0.1, 0.15) is 0 Å². The molecule has 1 unspecified atom stereocenters. The quantitative estimate of drug-likeness (QED) is 0.485. The van der Waals surface area contributed by atoms with Crippen LogP contribution < -0.4 is 9.80 Å². The first kappa shape index (κ1) is 14.4. The van der Waals surface area contributed by atoms with E-state index in [0.29, 0.717) is 25.9 Å². The summed E-state index contributed by atoms with van der Waals surface area (Å²) < 4.78 is 0. The molecule has 0 aromatic heterocycles. The lowest BCUT2D eigenvalue weighted by atomic mass is 10.1. The number of nitrogens with zero attached hydrogens (tertiary/aromatic N) is 5. The maximum Gasteiger partial charge on any atom is 0.227 e. The number of anilines is 2. The highest BCUT2D eigenvalue weighted by molar-refractivity contribution is 5.97. The van der Waals surface area contributed by atoms with Crippen LogP contribution >= 0.6 is 0 Å². The zero-order valence-electron chi connectivity index (χ0n) is 12.2. The minimum absolute atomic E-state index is 0.0446. The first-order chi connectivity index (χ1) is 10.7. The molecule has 2 amide bonds. The third-order valence-corrected chi connectivity index (χ3v) is 4.15. The highest BCUT2D eigenvalue weighted by Crippen LogP contribution is 2.28. The van der Waals surface area contributed by atoms with E-state index in [0.717, 1.165) is 24.3 Å². The molecule has 0 saturated carbocycles. The van der Waals surface area contributed by atoms with Crippen molar-refractivity contribution in [2.75, 3.05) is 29.4 Å². The summed E-state index contributed by atoms with van der Waals surface area (Å²) in [5, 5.41) is 3.55. The Morgan fingerprint density at radius 2 is 1.82 bits per heavy atom. The number of benzene rings is 1. The topological polar surface area (TPSA) is 89.4 Å². The van der Waals surface area contributed by atoms with Crippen LogP contribution in [0.15, 0.2) is 29.4 Å². The minimum Gasteiger partial charge on any atom is -0.312 e. The van der Waals surface area contributed by atoms with Gasteiger partial charge in [0, 0.05) is 48.8 Å². The maximum atomic E-state index is 12.1. The van der Waals surface area contributed by atoms with Crippen molar-refractivity contribution in [3.63, 3.8) is 0 Å². The van der Waals surface area contributed by atoms with Gasteiger partial charge in [-0.1, -0.05) is 5.11 Å². The normalized spacial score (nSPS) is 21.4. The second-order valence-electron chi connectivity index (χ2n) is 5.65. The van der Waals surface area contributed by atoms with Crippen LogP contribution in [-0.4, -0.2) is 31.4 Å². The van der Waals surface area contributed by atoms with Crippen LogP contribution in [0.3, 0.4) is 0 Å². The molecule has 0 radical (unpaired) electrons. The molecule has 2 fully saturated rings. The first-order valence-electron chi connectivity index (χ1n) is 7.40. The summed E-state index contributed by atoms with van der Waals surface area (Å²) in [4.78, 5) is 30.0. The fourth-order valence-corrected chi connectivity index (χ4v) is 3.04. The Bertz CT molecular complexity index is 636. The largest absolute Gasteiger partial charge is 0.312 e. The van der Waals surface area contributed by atoms with Crippen LogP contribution in [-0.2, 0) is 9.59 Å². The molecule has 2 heterocycles. The summed E-state index contributed by atoms with van der Waals surface area (Å²) in [6, 6.07) is 7.50. The predicted molar refractivity (Wildman–Crippen MR) is 82.5 cm³/mol. The number of hydrogen-bond acceptors (Lipinski definition) is 3. The van der Waals surface area contributed by atoms with Gasteiger partial charge in [-0.25, -0.2) is 0 Å². The molecule has 0 aliphatic carbocycles. The summed E-state index contributed by atoms with van der Waals surface area (Å²) in [7, 11) is 0. The molecule has 114 valence electrons. The van der Waals surface area contributed by atoms with Crippen molar-refractivity contribution in [1.29, 1.82) is 0 Å². The molecule has 7 nitrogen and oxygen atoms in total. The number of azide groups is 1. The fourth-order valence-electron chi connectivity index (χ4n) is 3.04. The van der Waals surface area contributed by atoms with E-state index in [2.05, 4.69) is 10.0 Å². The zero-order chi connectivity index (χ0) is 15.5. The Hall–Kier alpha value is -2.53. The number of amides is 2. The Morgan fingerprint density at radius 3 is 2.41 bits per heavy atom. The third-order valence-electron chi connectivity index (χ3n) is 4.15. The molecule has 0 N–H and O–H groups in total. The molecule has 22 heavy (non-hydrogen) atoms. The van der Waals surface area contributed by atoms with E-state index < -0.39 is 0 Å². The van der Waals surface area contributed by atoms with Crippen LogP contribution in [0.1, 0.15) is 19.3 Å². The van der Waals surface area contributed by atoms with E-state index in [4.69, 9.17) is 5.53 Å². The Kier molecular flexibility index (Phi) is 3.98. The lowest BCUT2D eigenvalue weighted by molar-refractivity contribution is -0.118. The fraction of sp³-hybridized carbons (Fsp3) is 0.467. The Balaban J connectivity index is 1.71. The van der Waals surface area contributed by atoms with Gasteiger partial charge in [-0.05, 0) is 42.1 Å². The SMILES string of the molecule is [N-]=[N+]=NCC1CC(=O)N(c2ccc(N3CCCC3=O)cc2)C1. The van der Waals surface area contributed by atoms with Gasteiger partial charge >= 0.3 is 0 Å². The van der Waals surface area contributed by atoms with E-state index in [1.165, 1.54) is 0 Å². The lowest BCUT2D eigenvalue weighted by Crippen LogP contribution is -2.26. The van der Waals surface area contributed by atoms with Gasteiger partial charge in [0.2, 0.25) is 11.8 Å². The standard InChI is InChI=1S/C15H17N5O2/c16-18-17-9-11-8-15(22)20(10-11)13-5-3-12(4-6-13)19-7-1-2-14(19)21/h3-6,11H,1-2,7-10H2. The summed E-state index contributed by atoms with van der Waals surface area (Å²) >= 11 is 0. The molecule has 0 bridgehead atoms. The first-order valence-corrected chi connectivity index (χ1v) is 7.40. The van der Waals surface area contributed by atoms with Crippen molar-refractivity contribution in [3.05, 3.63) is 34.7 Å². The van der Waals surface area contributed by atoms with Crippen molar-refractivity contribution < 1.29 is 9.59 Å². The minimum atomic E-state index is 0.0446. The lowest BCUT2D eigenvalue weighted by Gasteiger charge is -2.19. The maximum absolute atomic E-state index is 12.1. The van der Waals surface area contributed by atoms with Gasteiger partial charge < -0.3 is 9.80 Å². The van der Waals surface area contributed by atoms with Gasteiger partial charge in [-0.15, -0.1) is 0 Å². The molecule has 1 atom stereocenters. The second-order valence-corrected chi connectivity index (χ2v) is 5.65. The van der Waals surface area contributed by atoms with Gasteiger partial charge in [0.05, 0.1) is 0 Å². The molecule has 7 heteroatoms. The van der Waals surface area contributed by atoms with E-state index in [-0.39, 0.29) is 17.7 Å². The smallest absolute Gasteiger partial charge is 0.227 e. The van der Waals surface area contributed by atoms with Gasteiger partial charge in [0.25, 0.3) is 0 Å². The summed E-state index contributed by atoms with van der Waals surface area (Å²) in [5.74, 6) is 0.269. The average molecular weight is 299 g/mol. The van der Waals surface area contributed by atoms with Gasteiger partial charge in [0.15, 0.2) is 0 Å². The number of hydrogen-bond donors (Lipinski definition) is 0. The molecule has 3 rings (SSSR count). The van der Waals surface area contributed by atoms with E-state index in [1.807, 2.05) is 24.3 Å². The van der Waals surface area contributed by atoms with Crippen molar-refractivity contribution in [3.8, 4) is 0 Å². The molecular weight excluding hydrogens is 282 g/mol. The number of rotatable bonds is 4. The highest BCUT2D eigenvalue weighted by atomic mass is 16.2. The average Bonchev–Trinajstić information content (AvgIpc) is 3.11. The van der Waals surface area contributed by atoms with Crippen LogP contribution in [0.4, 0.5) is 11.4 Å².